The van der Waals surface area contributed by atoms with Gasteiger partial charge in [-0.15, -0.1) is 0 Å². The first kappa shape index (κ1) is 7.41. The molecule has 5 atom stereocenters. The lowest BCUT2D eigenvalue weighted by atomic mass is 9.72. The summed E-state index contributed by atoms with van der Waals surface area (Å²) in [6.45, 7) is 2.41. The van der Waals surface area contributed by atoms with E-state index in [0.717, 1.165) is 11.8 Å². The highest BCUT2D eigenvalue weighted by Gasteiger charge is 2.49. The third kappa shape index (κ3) is 0.843. The summed E-state index contributed by atoms with van der Waals surface area (Å²) in [5.41, 5.74) is 0. The van der Waals surface area contributed by atoms with Gasteiger partial charge >= 0.3 is 0 Å². The molecule has 2 bridgehead atoms. The van der Waals surface area contributed by atoms with Crippen molar-refractivity contribution in [2.45, 2.75) is 45.4 Å². The molecule has 0 heteroatoms. The van der Waals surface area contributed by atoms with Crippen LogP contribution in [0, 0.1) is 29.6 Å². The average Bonchev–Trinajstić information content (AvgIpc) is 2.56. The van der Waals surface area contributed by atoms with Gasteiger partial charge in [0.05, 0.1) is 0 Å². The van der Waals surface area contributed by atoms with Crippen molar-refractivity contribution in [2.75, 3.05) is 0 Å². The predicted octanol–water partition coefficient (Wildman–Crippen LogP) is 3.47. The zero-order valence-corrected chi connectivity index (χ0v) is 8.13. The van der Waals surface area contributed by atoms with Crippen molar-refractivity contribution in [3.05, 3.63) is 0 Å². The fourth-order valence-corrected chi connectivity index (χ4v) is 4.60. The van der Waals surface area contributed by atoms with Crippen LogP contribution in [0.15, 0.2) is 0 Å². The largest absolute Gasteiger partial charge is 0.0651 e. The van der Waals surface area contributed by atoms with Crippen LogP contribution >= 0.6 is 0 Å². The zero-order valence-electron chi connectivity index (χ0n) is 8.13. The van der Waals surface area contributed by atoms with E-state index >= 15 is 0 Å². The third-order valence-electron chi connectivity index (χ3n) is 5.03. The molecule has 0 radical (unpaired) electrons. The summed E-state index contributed by atoms with van der Waals surface area (Å²) in [5.74, 6) is 5.81. The Kier molecular flexibility index (Phi) is 1.54. The second-order valence-corrected chi connectivity index (χ2v) is 5.41. The van der Waals surface area contributed by atoms with Crippen molar-refractivity contribution >= 4 is 0 Å². The van der Waals surface area contributed by atoms with Gasteiger partial charge in [-0.05, 0) is 61.7 Å². The van der Waals surface area contributed by atoms with E-state index in [1.54, 1.807) is 32.1 Å². The second kappa shape index (κ2) is 2.49. The van der Waals surface area contributed by atoms with E-state index in [1.807, 2.05) is 0 Å². The molecule has 0 nitrogen and oxygen atoms in total. The van der Waals surface area contributed by atoms with Crippen molar-refractivity contribution in [3.8, 4) is 0 Å². The fourth-order valence-electron chi connectivity index (χ4n) is 4.60. The summed E-state index contributed by atoms with van der Waals surface area (Å²) in [5, 5.41) is 0. The molecule has 0 aromatic carbocycles. The van der Waals surface area contributed by atoms with Gasteiger partial charge in [0.15, 0.2) is 0 Å². The molecule has 3 fully saturated rings. The monoisotopic (exact) mass is 164 g/mol. The van der Waals surface area contributed by atoms with Crippen LogP contribution in [0.2, 0.25) is 0 Å². The highest BCUT2D eigenvalue weighted by Crippen LogP contribution is 2.59. The molecule has 3 saturated carbocycles. The standard InChI is InChI=1S/C12H20/c1-2-9-5-8-6-10-3-4-11(9)12(10)7-8/h8-12H,2-7H2,1H3. The lowest BCUT2D eigenvalue weighted by molar-refractivity contribution is 0.163. The molecular formula is C12H20. The minimum atomic E-state index is 1.13. The lowest BCUT2D eigenvalue weighted by Crippen LogP contribution is -2.25. The molecule has 0 amide bonds. The highest BCUT2D eigenvalue weighted by molar-refractivity contribution is 4.99. The minimum Gasteiger partial charge on any atom is -0.0651 e. The summed E-state index contributed by atoms with van der Waals surface area (Å²) >= 11 is 0. The molecule has 0 aromatic rings. The Morgan fingerprint density at radius 2 is 1.92 bits per heavy atom. The fraction of sp³-hybridized carbons (Fsp3) is 1.00. The molecule has 0 heterocycles. The normalized spacial score (nSPS) is 56.2. The van der Waals surface area contributed by atoms with Gasteiger partial charge in [0, 0.05) is 0 Å². The Morgan fingerprint density at radius 3 is 2.75 bits per heavy atom. The average molecular weight is 164 g/mol. The SMILES string of the molecule is CCC1CC2CC3CCC1C3C2. The maximum absolute atomic E-state index is 2.41. The maximum atomic E-state index is 2.41. The van der Waals surface area contributed by atoms with Gasteiger partial charge in [-0.3, -0.25) is 0 Å². The Balaban J connectivity index is 1.88. The Morgan fingerprint density at radius 1 is 1.00 bits per heavy atom. The van der Waals surface area contributed by atoms with Gasteiger partial charge in [-0.1, -0.05) is 13.3 Å². The smallest absolute Gasteiger partial charge is 0.0352 e. The highest BCUT2D eigenvalue weighted by atomic mass is 14.5. The summed E-state index contributed by atoms with van der Waals surface area (Å²) in [4.78, 5) is 0. The topological polar surface area (TPSA) is 0 Å². The van der Waals surface area contributed by atoms with E-state index in [4.69, 9.17) is 0 Å². The molecule has 0 N–H and O–H groups in total. The Labute approximate surface area is 75.7 Å². The van der Waals surface area contributed by atoms with Crippen LogP contribution in [-0.2, 0) is 0 Å². The number of hydrogen-bond acceptors (Lipinski definition) is 0. The first-order valence-corrected chi connectivity index (χ1v) is 5.88. The van der Waals surface area contributed by atoms with Gasteiger partial charge < -0.3 is 0 Å². The molecule has 3 aliphatic carbocycles. The molecule has 68 valence electrons. The summed E-state index contributed by atoms with van der Waals surface area (Å²) < 4.78 is 0. The van der Waals surface area contributed by atoms with Crippen molar-refractivity contribution < 1.29 is 0 Å². The Bertz CT molecular complexity index is 182. The lowest BCUT2D eigenvalue weighted by Gasteiger charge is -2.33. The van der Waals surface area contributed by atoms with Crippen LogP contribution in [0.3, 0.4) is 0 Å². The van der Waals surface area contributed by atoms with E-state index in [9.17, 15) is 0 Å². The van der Waals surface area contributed by atoms with Crippen LogP contribution in [0.4, 0.5) is 0 Å². The third-order valence-corrected chi connectivity index (χ3v) is 5.03. The quantitative estimate of drug-likeness (QED) is 0.556. The minimum absolute atomic E-state index is 1.13. The van der Waals surface area contributed by atoms with Crippen LogP contribution < -0.4 is 0 Å². The van der Waals surface area contributed by atoms with Crippen molar-refractivity contribution in [1.29, 1.82) is 0 Å². The van der Waals surface area contributed by atoms with Crippen molar-refractivity contribution in [2.24, 2.45) is 29.6 Å². The molecule has 3 rings (SSSR count). The van der Waals surface area contributed by atoms with Crippen molar-refractivity contribution in [3.63, 3.8) is 0 Å². The van der Waals surface area contributed by atoms with E-state index in [2.05, 4.69) is 6.92 Å². The van der Waals surface area contributed by atoms with Crippen LogP contribution in [0.5, 0.6) is 0 Å². The number of rotatable bonds is 1. The Hall–Kier alpha value is 0. The van der Waals surface area contributed by atoms with Crippen LogP contribution in [0.1, 0.15) is 45.4 Å². The van der Waals surface area contributed by atoms with Crippen LogP contribution in [-0.4, -0.2) is 0 Å². The van der Waals surface area contributed by atoms with E-state index < -0.39 is 0 Å². The summed E-state index contributed by atoms with van der Waals surface area (Å²) in [6, 6.07) is 0. The van der Waals surface area contributed by atoms with Gasteiger partial charge in [-0.25, -0.2) is 0 Å². The van der Waals surface area contributed by atoms with Crippen molar-refractivity contribution in [1.82, 2.24) is 0 Å². The van der Waals surface area contributed by atoms with Gasteiger partial charge in [-0.2, -0.15) is 0 Å². The molecular weight excluding hydrogens is 144 g/mol. The first-order chi connectivity index (χ1) is 5.88. The predicted molar refractivity (Wildman–Crippen MR) is 50.8 cm³/mol. The van der Waals surface area contributed by atoms with Gasteiger partial charge in [0.1, 0.15) is 0 Å². The van der Waals surface area contributed by atoms with Gasteiger partial charge in [0.25, 0.3) is 0 Å². The molecule has 3 aliphatic rings. The number of hydrogen-bond donors (Lipinski definition) is 0. The van der Waals surface area contributed by atoms with E-state index in [1.165, 1.54) is 24.2 Å². The molecule has 5 unspecified atom stereocenters. The molecule has 0 aromatic heterocycles. The molecule has 0 spiro atoms. The van der Waals surface area contributed by atoms with Crippen LogP contribution in [0.25, 0.3) is 0 Å². The maximum Gasteiger partial charge on any atom is -0.0352 e. The van der Waals surface area contributed by atoms with Gasteiger partial charge in [0.2, 0.25) is 0 Å². The van der Waals surface area contributed by atoms with E-state index in [-0.39, 0.29) is 0 Å². The summed E-state index contributed by atoms with van der Waals surface area (Å²) in [6.07, 6.45) is 9.45. The molecule has 12 heavy (non-hydrogen) atoms. The number of fused-ring (bicyclic) bond motifs is 1. The van der Waals surface area contributed by atoms with E-state index in [0.29, 0.717) is 0 Å². The summed E-state index contributed by atoms with van der Waals surface area (Å²) in [7, 11) is 0. The zero-order chi connectivity index (χ0) is 8.13. The first-order valence-electron chi connectivity index (χ1n) is 5.88. The molecule has 0 saturated heterocycles. The molecule has 0 aliphatic heterocycles. The second-order valence-electron chi connectivity index (χ2n) is 5.41.